The Labute approximate surface area is 79.5 Å². The zero-order valence-electron chi connectivity index (χ0n) is 8.47. The standard InChI is InChI=1S/C10H18N2O/c1-10(2)7-12(9(10)13)8-3-5-11-6-4-8/h8,11H,3-7H2,1-2H3. The molecule has 3 heteroatoms. The topological polar surface area (TPSA) is 32.3 Å². The first-order valence-corrected chi connectivity index (χ1v) is 5.13. The first kappa shape index (κ1) is 9.00. The molecule has 0 spiro atoms. The normalized spacial score (nSPS) is 28.8. The van der Waals surface area contributed by atoms with Crippen LogP contribution in [0.5, 0.6) is 0 Å². The highest BCUT2D eigenvalue weighted by atomic mass is 16.2. The van der Waals surface area contributed by atoms with Gasteiger partial charge in [-0.05, 0) is 39.8 Å². The minimum Gasteiger partial charge on any atom is -0.338 e. The molecule has 0 radical (unpaired) electrons. The van der Waals surface area contributed by atoms with Crippen LogP contribution in [0.15, 0.2) is 0 Å². The molecule has 0 aromatic rings. The second-order valence-electron chi connectivity index (χ2n) is 4.80. The quantitative estimate of drug-likeness (QED) is 0.602. The molecule has 2 fully saturated rings. The van der Waals surface area contributed by atoms with Gasteiger partial charge in [0, 0.05) is 12.6 Å². The van der Waals surface area contributed by atoms with Crippen LogP contribution in [-0.4, -0.2) is 36.5 Å². The largest absolute Gasteiger partial charge is 0.338 e. The summed E-state index contributed by atoms with van der Waals surface area (Å²) in [5, 5.41) is 3.32. The summed E-state index contributed by atoms with van der Waals surface area (Å²) in [7, 11) is 0. The predicted octanol–water partition coefficient (Wildman–Crippen LogP) is 0.607. The highest BCUT2D eigenvalue weighted by Crippen LogP contribution is 2.34. The second-order valence-corrected chi connectivity index (χ2v) is 4.80. The average Bonchev–Trinajstić information content (AvgIpc) is 2.15. The number of β-lactam (4-membered cyclic amide) rings is 1. The van der Waals surface area contributed by atoms with E-state index >= 15 is 0 Å². The lowest BCUT2D eigenvalue weighted by molar-refractivity contribution is -0.161. The molecule has 1 amide bonds. The molecule has 2 heterocycles. The lowest BCUT2D eigenvalue weighted by atomic mass is 9.81. The van der Waals surface area contributed by atoms with Gasteiger partial charge in [0.25, 0.3) is 0 Å². The van der Waals surface area contributed by atoms with Crippen LogP contribution in [0.25, 0.3) is 0 Å². The molecule has 0 atom stereocenters. The number of carbonyl (C=O) groups is 1. The van der Waals surface area contributed by atoms with Crippen molar-refractivity contribution in [1.82, 2.24) is 10.2 Å². The SMILES string of the molecule is CC1(C)CN(C2CCNCC2)C1=O. The van der Waals surface area contributed by atoms with Crippen LogP contribution >= 0.6 is 0 Å². The van der Waals surface area contributed by atoms with Gasteiger partial charge >= 0.3 is 0 Å². The van der Waals surface area contributed by atoms with Gasteiger partial charge in [0.2, 0.25) is 5.91 Å². The van der Waals surface area contributed by atoms with Crippen LogP contribution in [0.3, 0.4) is 0 Å². The Hall–Kier alpha value is -0.570. The Bertz CT molecular complexity index is 219. The van der Waals surface area contributed by atoms with Crippen molar-refractivity contribution in [2.45, 2.75) is 32.7 Å². The Morgan fingerprint density at radius 1 is 1.38 bits per heavy atom. The lowest BCUT2D eigenvalue weighted by Gasteiger charge is -2.49. The number of nitrogens with zero attached hydrogens (tertiary/aromatic N) is 1. The molecule has 0 aliphatic carbocycles. The molecular weight excluding hydrogens is 164 g/mol. The molecule has 3 nitrogen and oxygen atoms in total. The van der Waals surface area contributed by atoms with Gasteiger partial charge in [0.15, 0.2) is 0 Å². The van der Waals surface area contributed by atoms with Gasteiger partial charge in [-0.25, -0.2) is 0 Å². The van der Waals surface area contributed by atoms with Gasteiger partial charge in [0.1, 0.15) is 0 Å². The predicted molar refractivity (Wildman–Crippen MR) is 51.4 cm³/mol. The van der Waals surface area contributed by atoms with E-state index in [4.69, 9.17) is 0 Å². The Kier molecular flexibility index (Phi) is 2.06. The zero-order valence-corrected chi connectivity index (χ0v) is 8.47. The molecular formula is C10H18N2O. The first-order valence-electron chi connectivity index (χ1n) is 5.13. The van der Waals surface area contributed by atoms with Crippen LogP contribution in [0, 0.1) is 5.41 Å². The smallest absolute Gasteiger partial charge is 0.230 e. The fourth-order valence-corrected chi connectivity index (χ4v) is 2.28. The summed E-state index contributed by atoms with van der Waals surface area (Å²) < 4.78 is 0. The van der Waals surface area contributed by atoms with Gasteiger partial charge in [-0.15, -0.1) is 0 Å². The summed E-state index contributed by atoms with van der Waals surface area (Å²) in [6.45, 7) is 7.15. The van der Waals surface area contributed by atoms with Crippen LogP contribution in [0.1, 0.15) is 26.7 Å². The number of amides is 1. The Morgan fingerprint density at radius 2 is 2.00 bits per heavy atom. The van der Waals surface area contributed by atoms with E-state index < -0.39 is 0 Å². The van der Waals surface area contributed by atoms with Crippen molar-refractivity contribution in [2.24, 2.45) is 5.41 Å². The zero-order chi connectivity index (χ0) is 9.47. The third-order valence-corrected chi connectivity index (χ3v) is 3.15. The van der Waals surface area contributed by atoms with Gasteiger partial charge in [-0.2, -0.15) is 0 Å². The minimum absolute atomic E-state index is 0.0785. The van der Waals surface area contributed by atoms with E-state index in [9.17, 15) is 4.79 Å². The number of carbonyl (C=O) groups excluding carboxylic acids is 1. The number of piperidine rings is 1. The summed E-state index contributed by atoms with van der Waals surface area (Å²) in [6.07, 6.45) is 2.25. The van der Waals surface area contributed by atoms with Crippen LogP contribution in [0.2, 0.25) is 0 Å². The molecule has 2 rings (SSSR count). The van der Waals surface area contributed by atoms with Crippen molar-refractivity contribution in [3.63, 3.8) is 0 Å². The van der Waals surface area contributed by atoms with Crippen molar-refractivity contribution >= 4 is 5.91 Å². The van der Waals surface area contributed by atoms with E-state index in [-0.39, 0.29) is 5.41 Å². The summed E-state index contributed by atoms with van der Waals surface area (Å²) >= 11 is 0. The summed E-state index contributed by atoms with van der Waals surface area (Å²) in [5.74, 6) is 0.347. The summed E-state index contributed by atoms with van der Waals surface area (Å²) in [6, 6.07) is 0.516. The molecule has 0 unspecified atom stereocenters. The maximum atomic E-state index is 11.7. The third-order valence-electron chi connectivity index (χ3n) is 3.15. The fourth-order valence-electron chi connectivity index (χ4n) is 2.28. The Morgan fingerprint density at radius 3 is 2.46 bits per heavy atom. The summed E-state index contributed by atoms with van der Waals surface area (Å²) in [5.41, 5.74) is -0.0785. The van der Waals surface area contributed by atoms with Crippen LogP contribution in [0.4, 0.5) is 0 Å². The van der Waals surface area contributed by atoms with Crippen molar-refractivity contribution in [1.29, 1.82) is 0 Å². The van der Waals surface area contributed by atoms with Crippen molar-refractivity contribution in [3.8, 4) is 0 Å². The maximum Gasteiger partial charge on any atom is 0.230 e. The maximum absolute atomic E-state index is 11.7. The minimum atomic E-state index is -0.0785. The number of hydrogen-bond donors (Lipinski definition) is 1. The molecule has 13 heavy (non-hydrogen) atoms. The van der Waals surface area contributed by atoms with E-state index in [0.29, 0.717) is 11.9 Å². The fraction of sp³-hybridized carbons (Fsp3) is 0.900. The number of nitrogens with one attached hydrogen (secondary N) is 1. The summed E-state index contributed by atoms with van der Waals surface area (Å²) in [4.78, 5) is 13.7. The third kappa shape index (κ3) is 1.46. The number of rotatable bonds is 1. The highest BCUT2D eigenvalue weighted by molar-refractivity contribution is 5.88. The van der Waals surface area contributed by atoms with Crippen molar-refractivity contribution in [3.05, 3.63) is 0 Å². The molecule has 2 aliphatic heterocycles. The first-order chi connectivity index (χ1) is 6.11. The molecule has 0 saturated carbocycles. The van der Waals surface area contributed by atoms with Crippen molar-refractivity contribution < 1.29 is 4.79 Å². The molecule has 0 aromatic carbocycles. The lowest BCUT2D eigenvalue weighted by Crippen LogP contribution is -2.63. The molecule has 2 saturated heterocycles. The van der Waals surface area contributed by atoms with E-state index in [2.05, 4.69) is 10.2 Å². The number of hydrogen-bond acceptors (Lipinski definition) is 2. The number of likely N-dealkylation sites (tertiary alicyclic amines) is 1. The molecule has 2 aliphatic rings. The molecule has 0 aromatic heterocycles. The highest BCUT2D eigenvalue weighted by Gasteiger charge is 2.46. The van der Waals surface area contributed by atoms with Crippen molar-refractivity contribution in [2.75, 3.05) is 19.6 Å². The van der Waals surface area contributed by atoms with E-state index in [1.165, 1.54) is 0 Å². The van der Waals surface area contributed by atoms with Gasteiger partial charge in [-0.3, -0.25) is 4.79 Å². The molecule has 0 bridgehead atoms. The van der Waals surface area contributed by atoms with Crippen LogP contribution in [-0.2, 0) is 4.79 Å². The van der Waals surface area contributed by atoms with Crippen LogP contribution < -0.4 is 5.32 Å². The van der Waals surface area contributed by atoms with Gasteiger partial charge in [-0.1, -0.05) is 0 Å². The molecule has 74 valence electrons. The van der Waals surface area contributed by atoms with E-state index in [1.54, 1.807) is 0 Å². The van der Waals surface area contributed by atoms with E-state index in [0.717, 1.165) is 32.5 Å². The van der Waals surface area contributed by atoms with Gasteiger partial charge in [0.05, 0.1) is 5.41 Å². The Balaban J connectivity index is 1.93. The monoisotopic (exact) mass is 182 g/mol. The average molecular weight is 182 g/mol. The van der Waals surface area contributed by atoms with Gasteiger partial charge < -0.3 is 10.2 Å². The van der Waals surface area contributed by atoms with E-state index in [1.807, 2.05) is 13.8 Å². The second kappa shape index (κ2) is 2.98. The molecule has 1 N–H and O–H groups in total.